The summed E-state index contributed by atoms with van der Waals surface area (Å²) in [4.78, 5) is 24.2. The Bertz CT molecular complexity index is 765. The van der Waals surface area contributed by atoms with Crippen LogP contribution < -0.4 is 15.4 Å². The van der Waals surface area contributed by atoms with Gasteiger partial charge in [0.15, 0.2) is 0 Å². The van der Waals surface area contributed by atoms with E-state index in [9.17, 15) is 9.59 Å². The van der Waals surface area contributed by atoms with Crippen molar-refractivity contribution in [1.29, 1.82) is 0 Å². The van der Waals surface area contributed by atoms with Gasteiger partial charge < -0.3 is 10.1 Å². The van der Waals surface area contributed by atoms with Crippen LogP contribution in [0.15, 0.2) is 24.3 Å². The molecule has 7 nitrogen and oxygen atoms in total. The minimum atomic E-state index is -0.654. The van der Waals surface area contributed by atoms with Gasteiger partial charge in [0.2, 0.25) is 16.9 Å². The van der Waals surface area contributed by atoms with Crippen LogP contribution in [0.25, 0.3) is 10.6 Å². The normalized spacial score (nSPS) is 12.3. The number of rotatable bonds is 6. The van der Waals surface area contributed by atoms with Crippen LogP contribution in [0, 0.1) is 5.41 Å². The van der Waals surface area contributed by atoms with E-state index < -0.39 is 6.04 Å². The summed E-state index contributed by atoms with van der Waals surface area (Å²) in [5.74, 6) is 0.271. The number of methoxy groups -OCH3 is 1. The lowest BCUT2D eigenvalue weighted by molar-refractivity contribution is -0.127. The Morgan fingerprint density at radius 1 is 1.19 bits per heavy atom. The maximum absolute atomic E-state index is 12.2. The summed E-state index contributed by atoms with van der Waals surface area (Å²) in [7, 11) is 1.61. The van der Waals surface area contributed by atoms with Crippen LogP contribution in [-0.4, -0.2) is 35.2 Å². The Hall–Kier alpha value is -2.48. The fourth-order valence-corrected chi connectivity index (χ4v) is 2.93. The van der Waals surface area contributed by atoms with Gasteiger partial charge >= 0.3 is 0 Å². The quantitative estimate of drug-likeness (QED) is 0.808. The average molecular weight is 376 g/mol. The van der Waals surface area contributed by atoms with Crippen molar-refractivity contribution in [2.45, 2.75) is 40.2 Å². The van der Waals surface area contributed by atoms with Gasteiger partial charge in [-0.25, -0.2) is 0 Å². The van der Waals surface area contributed by atoms with Crippen molar-refractivity contribution in [1.82, 2.24) is 15.5 Å². The number of carbonyl (C=O) groups is 2. The SMILES string of the molecule is COc1ccc(-c2nnc(NC(=O)[C@@H](C)NC(=O)CC(C)(C)C)s2)cc1. The van der Waals surface area contributed by atoms with Gasteiger partial charge in [0.1, 0.15) is 16.8 Å². The monoisotopic (exact) mass is 376 g/mol. The lowest BCUT2D eigenvalue weighted by Crippen LogP contribution is -2.42. The van der Waals surface area contributed by atoms with E-state index in [0.29, 0.717) is 16.6 Å². The predicted molar refractivity (Wildman–Crippen MR) is 102 cm³/mol. The Balaban J connectivity index is 1.95. The number of nitrogens with zero attached hydrogens (tertiary/aromatic N) is 2. The molecule has 2 N–H and O–H groups in total. The summed E-state index contributed by atoms with van der Waals surface area (Å²) in [5, 5.41) is 14.5. The van der Waals surface area contributed by atoms with E-state index in [0.717, 1.165) is 11.3 Å². The van der Waals surface area contributed by atoms with Crippen LogP contribution in [0.5, 0.6) is 5.75 Å². The summed E-state index contributed by atoms with van der Waals surface area (Å²) in [6.07, 6.45) is 0.352. The van der Waals surface area contributed by atoms with Gasteiger partial charge in [-0.15, -0.1) is 10.2 Å². The Labute approximate surface area is 157 Å². The highest BCUT2D eigenvalue weighted by molar-refractivity contribution is 7.18. The van der Waals surface area contributed by atoms with E-state index in [2.05, 4.69) is 20.8 Å². The van der Waals surface area contributed by atoms with Crippen molar-refractivity contribution in [2.75, 3.05) is 12.4 Å². The molecule has 1 aromatic heterocycles. The van der Waals surface area contributed by atoms with Gasteiger partial charge in [0.05, 0.1) is 7.11 Å². The largest absolute Gasteiger partial charge is 0.497 e. The molecule has 1 atom stereocenters. The third-order valence-corrected chi connectivity index (χ3v) is 4.34. The van der Waals surface area contributed by atoms with E-state index in [-0.39, 0.29) is 17.2 Å². The average Bonchev–Trinajstić information content (AvgIpc) is 3.01. The maximum atomic E-state index is 12.2. The standard InChI is InChI=1S/C18H24N4O3S/c1-11(19-14(23)10-18(2,3)4)15(24)20-17-22-21-16(26-17)12-6-8-13(25-5)9-7-12/h6-9,11H,10H2,1-5H3,(H,19,23)(H,20,22,24)/t11-/m1/s1. The van der Waals surface area contributed by atoms with Gasteiger partial charge in [0.25, 0.3) is 0 Å². The molecule has 8 heteroatoms. The number of ether oxygens (including phenoxy) is 1. The summed E-state index contributed by atoms with van der Waals surface area (Å²) < 4.78 is 5.13. The second kappa shape index (κ2) is 8.27. The number of hydrogen-bond acceptors (Lipinski definition) is 6. The number of benzene rings is 1. The molecule has 0 aliphatic rings. The fourth-order valence-electron chi connectivity index (χ4n) is 2.18. The van der Waals surface area contributed by atoms with Gasteiger partial charge in [0, 0.05) is 12.0 Å². The third-order valence-electron chi connectivity index (χ3n) is 3.45. The molecule has 140 valence electrons. The first-order chi connectivity index (χ1) is 12.2. The van der Waals surface area contributed by atoms with Gasteiger partial charge in [-0.1, -0.05) is 32.1 Å². The minimum absolute atomic E-state index is 0.132. The molecule has 0 fully saturated rings. The molecular formula is C18H24N4O3S. The van der Waals surface area contributed by atoms with Gasteiger partial charge in [-0.2, -0.15) is 0 Å². The number of anilines is 1. The molecule has 26 heavy (non-hydrogen) atoms. The number of nitrogens with one attached hydrogen (secondary N) is 2. The van der Waals surface area contributed by atoms with Crippen LogP contribution in [0.2, 0.25) is 0 Å². The summed E-state index contributed by atoms with van der Waals surface area (Å²) in [6.45, 7) is 7.55. The van der Waals surface area contributed by atoms with E-state index in [1.807, 2.05) is 45.0 Å². The van der Waals surface area contributed by atoms with Crippen molar-refractivity contribution in [3.05, 3.63) is 24.3 Å². The second-order valence-corrected chi connectivity index (χ2v) is 8.13. The molecule has 0 unspecified atom stereocenters. The highest BCUT2D eigenvalue weighted by Gasteiger charge is 2.21. The zero-order valence-electron chi connectivity index (χ0n) is 15.6. The highest BCUT2D eigenvalue weighted by Crippen LogP contribution is 2.27. The number of amides is 2. The lowest BCUT2D eigenvalue weighted by Gasteiger charge is -2.19. The molecule has 0 aliphatic carbocycles. The van der Waals surface area contributed by atoms with Crippen molar-refractivity contribution >= 4 is 28.3 Å². The van der Waals surface area contributed by atoms with Crippen LogP contribution in [-0.2, 0) is 9.59 Å². The third kappa shape index (κ3) is 5.80. The first-order valence-corrected chi connectivity index (χ1v) is 9.08. The van der Waals surface area contributed by atoms with E-state index in [4.69, 9.17) is 4.74 Å². The number of hydrogen-bond donors (Lipinski definition) is 2. The van der Waals surface area contributed by atoms with Crippen LogP contribution in [0.3, 0.4) is 0 Å². The molecule has 2 aromatic rings. The van der Waals surface area contributed by atoms with E-state index >= 15 is 0 Å². The molecule has 0 bridgehead atoms. The Morgan fingerprint density at radius 3 is 2.42 bits per heavy atom. The van der Waals surface area contributed by atoms with Crippen molar-refractivity contribution in [3.63, 3.8) is 0 Å². The Kier molecular flexibility index (Phi) is 6.31. The molecular weight excluding hydrogens is 352 g/mol. The van der Waals surface area contributed by atoms with Crippen LogP contribution in [0.4, 0.5) is 5.13 Å². The molecule has 0 aliphatic heterocycles. The molecule has 0 saturated carbocycles. The van der Waals surface area contributed by atoms with Crippen molar-refractivity contribution < 1.29 is 14.3 Å². The minimum Gasteiger partial charge on any atom is -0.497 e. The van der Waals surface area contributed by atoms with Gasteiger partial charge in [-0.3, -0.25) is 14.9 Å². The van der Waals surface area contributed by atoms with E-state index in [1.165, 1.54) is 11.3 Å². The number of aromatic nitrogens is 2. The molecule has 2 amide bonds. The van der Waals surface area contributed by atoms with Crippen LogP contribution >= 0.6 is 11.3 Å². The maximum Gasteiger partial charge on any atom is 0.248 e. The van der Waals surface area contributed by atoms with Crippen molar-refractivity contribution in [3.8, 4) is 16.3 Å². The van der Waals surface area contributed by atoms with Crippen molar-refractivity contribution in [2.24, 2.45) is 5.41 Å². The molecule has 0 spiro atoms. The zero-order valence-corrected chi connectivity index (χ0v) is 16.4. The zero-order chi connectivity index (χ0) is 19.3. The predicted octanol–water partition coefficient (Wildman–Crippen LogP) is 3.09. The number of carbonyl (C=O) groups excluding carboxylic acids is 2. The fraction of sp³-hybridized carbons (Fsp3) is 0.444. The van der Waals surface area contributed by atoms with Gasteiger partial charge in [-0.05, 0) is 36.6 Å². The second-order valence-electron chi connectivity index (χ2n) is 7.16. The topological polar surface area (TPSA) is 93.2 Å². The Morgan fingerprint density at radius 2 is 1.85 bits per heavy atom. The lowest BCUT2D eigenvalue weighted by atomic mass is 9.92. The molecule has 0 radical (unpaired) electrons. The molecule has 2 rings (SSSR count). The molecule has 1 heterocycles. The summed E-state index contributed by atoms with van der Waals surface area (Å²) >= 11 is 1.27. The first-order valence-electron chi connectivity index (χ1n) is 8.26. The highest BCUT2D eigenvalue weighted by atomic mass is 32.1. The first kappa shape index (κ1) is 19.8. The molecule has 0 saturated heterocycles. The van der Waals surface area contributed by atoms with Crippen LogP contribution in [0.1, 0.15) is 34.1 Å². The smallest absolute Gasteiger partial charge is 0.248 e. The summed E-state index contributed by atoms with van der Waals surface area (Å²) in [5.41, 5.74) is 0.752. The molecule has 1 aromatic carbocycles. The summed E-state index contributed by atoms with van der Waals surface area (Å²) in [6, 6.07) is 6.77. The van der Waals surface area contributed by atoms with E-state index in [1.54, 1.807) is 14.0 Å².